The van der Waals surface area contributed by atoms with Crippen molar-refractivity contribution < 1.29 is 4.79 Å². The number of amides is 1. The van der Waals surface area contributed by atoms with E-state index in [1.54, 1.807) is 0 Å². The minimum Gasteiger partial charge on any atom is -0.337 e. The van der Waals surface area contributed by atoms with Gasteiger partial charge in [0.05, 0.1) is 18.3 Å². The van der Waals surface area contributed by atoms with Crippen molar-refractivity contribution in [1.29, 1.82) is 0 Å². The topological polar surface area (TPSA) is 41.4 Å². The van der Waals surface area contributed by atoms with E-state index in [0.29, 0.717) is 6.04 Å². The molecule has 2 aliphatic heterocycles. The smallest absolute Gasteiger partial charge is 0.239 e. The molecule has 1 aromatic heterocycles. The van der Waals surface area contributed by atoms with Gasteiger partial charge in [0, 0.05) is 32.4 Å². The van der Waals surface area contributed by atoms with Crippen molar-refractivity contribution in [3.05, 3.63) is 53.3 Å². The highest BCUT2D eigenvalue weighted by Crippen LogP contribution is 2.25. The summed E-state index contributed by atoms with van der Waals surface area (Å²) in [6, 6.07) is 8.80. The van der Waals surface area contributed by atoms with E-state index in [4.69, 9.17) is 0 Å². The van der Waals surface area contributed by atoms with E-state index in [2.05, 4.69) is 47.4 Å². The Bertz CT molecular complexity index is 747. The van der Waals surface area contributed by atoms with Crippen LogP contribution in [0.1, 0.15) is 29.7 Å². The molecule has 0 spiro atoms. The largest absolute Gasteiger partial charge is 0.337 e. The number of aryl methyl sites for hydroxylation is 1. The van der Waals surface area contributed by atoms with Gasteiger partial charge in [0.25, 0.3) is 0 Å². The van der Waals surface area contributed by atoms with Crippen LogP contribution in [-0.4, -0.2) is 51.2 Å². The molecule has 126 valence electrons. The van der Waals surface area contributed by atoms with Gasteiger partial charge in [0.2, 0.25) is 5.91 Å². The third kappa shape index (κ3) is 2.73. The standard InChI is InChI=1S/C19H24N4O/c1-14-9-20-23(10-14)18-12-22(13-18)15(2)19(24)21-8-7-16-5-3-4-6-17(16)11-21/h3-6,9-10,15,18H,7-8,11-13H2,1-2H3. The van der Waals surface area contributed by atoms with Crippen LogP contribution in [-0.2, 0) is 17.8 Å². The molecule has 0 radical (unpaired) electrons. The van der Waals surface area contributed by atoms with Crippen LogP contribution in [0.15, 0.2) is 36.7 Å². The zero-order valence-corrected chi connectivity index (χ0v) is 14.4. The first-order chi connectivity index (χ1) is 11.6. The quantitative estimate of drug-likeness (QED) is 0.867. The maximum Gasteiger partial charge on any atom is 0.239 e. The molecule has 2 aromatic rings. The third-order valence-electron chi connectivity index (χ3n) is 5.34. The van der Waals surface area contributed by atoms with Crippen LogP contribution in [0, 0.1) is 6.92 Å². The van der Waals surface area contributed by atoms with Gasteiger partial charge in [-0.15, -0.1) is 0 Å². The highest BCUT2D eigenvalue weighted by atomic mass is 16.2. The Morgan fingerprint density at radius 3 is 2.71 bits per heavy atom. The number of rotatable bonds is 3. The lowest BCUT2D eigenvalue weighted by Crippen LogP contribution is -2.57. The number of hydrogen-bond donors (Lipinski definition) is 0. The van der Waals surface area contributed by atoms with Crippen molar-refractivity contribution in [3.8, 4) is 0 Å². The van der Waals surface area contributed by atoms with Gasteiger partial charge < -0.3 is 4.90 Å². The molecule has 1 saturated heterocycles. The Balaban J connectivity index is 1.36. The number of aromatic nitrogens is 2. The van der Waals surface area contributed by atoms with Gasteiger partial charge in [0.15, 0.2) is 0 Å². The van der Waals surface area contributed by atoms with Gasteiger partial charge in [0.1, 0.15) is 0 Å². The number of fused-ring (bicyclic) bond motifs is 1. The minimum absolute atomic E-state index is 0.0526. The summed E-state index contributed by atoms with van der Waals surface area (Å²) in [7, 11) is 0. The van der Waals surface area contributed by atoms with Crippen LogP contribution < -0.4 is 0 Å². The molecule has 0 N–H and O–H groups in total. The molecule has 24 heavy (non-hydrogen) atoms. The fraction of sp³-hybridized carbons (Fsp3) is 0.474. The Morgan fingerprint density at radius 2 is 2.00 bits per heavy atom. The van der Waals surface area contributed by atoms with E-state index in [-0.39, 0.29) is 11.9 Å². The van der Waals surface area contributed by atoms with Crippen molar-refractivity contribution in [1.82, 2.24) is 19.6 Å². The van der Waals surface area contributed by atoms with E-state index in [1.165, 1.54) is 16.7 Å². The fourth-order valence-corrected chi connectivity index (χ4v) is 3.71. The molecule has 0 bridgehead atoms. The molecular weight excluding hydrogens is 300 g/mol. The Labute approximate surface area is 142 Å². The highest BCUT2D eigenvalue weighted by Gasteiger charge is 2.37. The zero-order valence-electron chi connectivity index (χ0n) is 14.4. The normalized spacial score (nSPS) is 19.7. The van der Waals surface area contributed by atoms with Crippen LogP contribution in [0.25, 0.3) is 0 Å². The van der Waals surface area contributed by atoms with E-state index in [9.17, 15) is 4.79 Å². The van der Waals surface area contributed by atoms with E-state index < -0.39 is 0 Å². The van der Waals surface area contributed by atoms with Gasteiger partial charge >= 0.3 is 0 Å². The summed E-state index contributed by atoms with van der Waals surface area (Å²) in [5.41, 5.74) is 3.86. The molecule has 1 atom stereocenters. The van der Waals surface area contributed by atoms with Crippen molar-refractivity contribution in [2.24, 2.45) is 0 Å². The first kappa shape index (κ1) is 15.4. The maximum absolute atomic E-state index is 12.9. The molecule has 5 nitrogen and oxygen atoms in total. The lowest BCUT2D eigenvalue weighted by Gasteiger charge is -2.44. The molecule has 5 heteroatoms. The SMILES string of the molecule is Cc1cnn(C2CN(C(C)C(=O)N3CCc4ccccc4C3)C2)c1. The summed E-state index contributed by atoms with van der Waals surface area (Å²) in [6.07, 6.45) is 4.93. The Hall–Kier alpha value is -2.14. The van der Waals surface area contributed by atoms with Crippen molar-refractivity contribution in [2.45, 2.75) is 38.9 Å². The predicted octanol–water partition coefficient (Wildman–Crippen LogP) is 2.02. The second kappa shape index (κ2) is 6.06. The van der Waals surface area contributed by atoms with Crippen LogP contribution >= 0.6 is 0 Å². The molecule has 2 aliphatic rings. The highest BCUT2D eigenvalue weighted by molar-refractivity contribution is 5.82. The molecule has 0 aliphatic carbocycles. The molecule has 0 saturated carbocycles. The van der Waals surface area contributed by atoms with Gasteiger partial charge in [-0.05, 0) is 37.0 Å². The van der Waals surface area contributed by atoms with Crippen molar-refractivity contribution in [3.63, 3.8) is 0 Å². The van der Waals surface area contributed by atoms with E-state index in [1.807, 2.05) is 22.7 Å². The van der Waals surface area contributed by atoms with Gasteiger partial charge in [-0.25, -0.2) is 0 Å². The molecule has 3 heterocycles. The van der Waals surface area contributed by atoms with Gasteiger partial charge in [-0.1, -0.05) is 24.3 Å². The molecule has 1 amide bonds. The summed E-state index contributed by atoms with van der Waals surface area (Å²) in [5, 5.41) is 4.39. The number of likely N-dealkylation sites (tertiary alicyclic amines) is 1. The molecule has 4 rings (SSSR count). The molecule has 1 unspecified atom stereocenters. The number of carbonyl (C=O) groups excluding carboxylic acids is 1. The monoisotopic (exact) mass is 324 g/mol. The second-order valence-electron chi connectivity index (χ2n) is 7.06. The predicted molar refractivity (Wildman–Crippen MR) is 92.6 cm³/mol. The van der Waals surface area contributed by atoms with Crippen LogP contribution in [0.3, 0.4) is 0 Å². The van der Waals surface area contributed by atoms with Gasteiger partial charge in [-0.2, -0.15) is 5.10 Å². The van der Waals surface area contributed by atoms with Crippen LogP contribution in [0.2, 0.25) is 0 Å². The number of hydrogen-bond acceptors (Lipinski definition) is 3. The molecular formula is C19H24N4O. The van der Waals surface area contributed by atoms with E-state index in [0.717, 1.165) is 32.6 Å². The van der Waals surface area contributed by atoms with Crippen LogP contribution in [0.5, 0.6) is 0 Å². The molecule has 1 fully saturated rings. The van der Waals surface area contributed by atoms with E-state index >= 15 is 0 Å². The molecule has 1 aromatic carbocycles. The number of carbonyl (C=O) groups is 1. The van der Waals surface area contributed by atoms with Crippen molar-refractivity contribution >= 4 is 5.91 Å². The van der Waals surface area contributed by atoms with Crippen molar-refractivity contribution in [2.75, 3.05) is 19.6 Å². The summed E-state index contributed by atoms with van der Waals surface area (Å²) in [5.74, 6) is 0.250. The first-order valence-corrected chi connectivity index (χ1v) is 8.72. The fourth-order valence-electron chi connectivity index (χ4n) is 3.71. The zero-order chi connectivity index (χ0) is 16.7. The third-order valence-corrected chi connectivity index (χ3v) is 5.34. The minimum atomic E-state index is -0.0526. The number of benzene rings is 1. The average Bonchev–Trinajstić information content (AvgIpc) is 2.98. The Morgan fingerprint density at radius 1 is 1.25 bits per heavy atom. The average molecular weight is 324 g/mol. The lowest BCUT2D eigenvalue weighted by atomic mass is 9.98. The maximum atomic E-state index is 12.9. The Kier molecular flexibility index (Phi) is 3.88. The lowest BCUT2D eigenvalue weighted by molar-refractivity contribution is -0.140. The van der Waals surface area contributed by atoms with Crippen LogP contribution in [0.4, 0.5) is 0 Å². The summed E-state index contributed by atoms with van der Waals surface area (Å²) in [4.78, 5) is 17.1. The summed E-state index contributed by atoms with van der Waals surface area (Å²) >= 11 is 0. The summed E-state index contributed by atoms with van der Waals surface area (Å²) in [6.45, 7) is 7.47. The second-order valence-corrected chi connectivity index (χ2v) is 7.06. The number of nitrogens with zero attached hydrogens (tertiary/aromatic N) is 4. The van der Waals surface area contributed by atoms with Gasteiger partial charge in [-0.3, -0.25) is 14.4 Å². The summed E-state index contributed by atoms with van der Waals surface area (Å²) < 4.78 is 2.03. The first-order valence-electron chi connectivity index (χ1n) is 8.72.